The average Bonchev–Trinajstić information content (AvgIpc) is 2.96. The summed E-state index contributed by atoms with van der Waals surface area (Å²) in [6, 6.07) is 15.6. The van der Waals surface area contributed by atoms with Crippen LogP contribution in [0.4, 0.5) is 16.2 Å². The first-order valence-electron chi connectivity index (χ1n) is 9.12. The van der Waals surface area contributed by atoms with E-state index < -0.39 is 0 Å². The SMILES string of the molecule is CCN(CC)c1ccc(/C=C2/SC(=O)N(CNc3ccccc3Br)C2=O)cc1. The minimum absolute atomic E-state index is 0.130. The molecule has 5 nitrogen and oxygen atoms in total. The molecule has 1 aliphatic rings. The molecule has 0 spiro atoms. The molecule has 1 saturated heterocycles. The maximum absolute atomic E-state index is 12.7. The van der Waals surface area contributed by atoms with E-state index in [0.29, 0.717) is 4.91 Å². The third-order valence-electron chi connectivity index (χ3n) is 4.49. The highest BCUT2D eigenvalue weighted by molar-refractivity contribution is 9.10. The van der Waals surface area contributed by atoms with E-state index in [2.05, 4.69) is 40.0 Å². The van der Waals surface area contributed by atoms with Gasteiger partial charge in [-0.05, 0) is 77.4 Å². The van der Waals surface area contributed by atoms with Crippen molar-refractivity contribution in [1.29, 1.82) is 0 Å². The number of carbonyl (C=O) groups is 2. The highest BCUT2D eigenvalue weighted by Crippen LogP contribution is 2.32. The fourth-order valence-electron chi connectivity index (χ4n) is 2.93. The molecule has 1 heterocycles. The topological polar surface area (TPSA) is 52.7 Å². The van der Waals surface area contributed by atoms with Crippen molar-refractivity contribution in [3.63, 3.8) is 0 Å². The van der Waals surface area contributed by atoms with E-state index in [4.69, 9.17) is 0 Å². The van der Waals surface area contributed by atoms with Gasteiger partial charge in [0, 0.05) is 28.9 Å². The summed E-state index contributed by atoms with van der Waals surface area (Å²) < 4.78 is 0.880. The van der Waals surface area contributed by atoms with Gasteiger partial charge in [0.25, 0.3) is 11.1 Å². The highest BCUT2D eigenvalue weighted by atomic mass is 79.9. The fourth-order valence-corrected chi connectivity index (χ4v) is 4.19. The third kappa shape index (κ3) is 4.59. The zero-order chi connectivity index (χ0) is 20.1. The Morgan fingerprint density at radius 1 is 1.07 bits per heavy atom. The Morgan fingerprint density at radius 2 is 1.75 bits per heavy atom. The van der Waals surface area contributed by atoms with Crippen molar-refractivity contribution in [3.8, 4) is 0 Å². The van der Waals surface area contributed by atoms with Gasteiger partial charge in [0.15, 0.2) is 0 Å². The number of para-hydroxylation sites is 1. The molecule has 0 bridgehead atoms. The number of thioether (sulfide) groups is 1. The summed E-state index contributed by atoms with van der Waals surface area (Å²) in [5.74, 6) is -0.276. The lowest BCUT2D eigenvalue weighted by Crippen LogP contribution is -2.33. The van der Waals surface area contributed by atoms with Crippen LogP contribution >= 0.6 is 27.7 Å². The lowest BCUT2D eigenvalue weighted by Gasteiger charge is -2.20. The smallest absolute Gasteiger partial charge is 0.295 e. The molecule has 7 heteroatoms. The lowest BCUT2D eigenvalue weighted by atomic mass is 10.1. The molecular weight excluding hydrogens is 438 g/mol. The molecule has 3 rings (SSSR count). The second kappa shape index (κ2) is 9.30. The van der Waals surface area contributed by atoms with E-state index in [-0.39, 0.29) is 17.8 Å². The van der Waals surface area contributed by atoms with E-state index >= 15 is 0 Å². The molecule has 1 N–H and O–H groups in total. The first-order chi connectivity index (χ1) is 13.5. The molecule has 0 unspecified atom stereocenters. The van der Waals surface area contributed by atoms with Crippen molar-refractivity contribution in [2.24, 2.45) is 0 Å². The molecule has 28 heavy (non-hydrogen) atoms. The van der Waals surface area contributed by atoms with Gasteiger partial charge in [-0.3, -0.25) is 14.5 Å². The summed E-state index contributed by atoms with van der Waals surface area (Å²) in [4.78, 5) is 28.8. The zero-order valence-corrected chi connectivity index (χ0v) is 18.2. The van der Waals surface area contributed by atoms with Crippen LogP contribution in [0.2, 0.25) is 0 Å². The van der Waals surface area contributed by atoms with E-state index in [1.165, 1.54) is 4.90 Å². The number of hydrogen-bond acceptors (Lipinski definition) is 5. The van der Waals surface area contributed by atoms with Crippen LogP contribution < -0.4 is 10.2 Å². The molecule has 1 fully saturated rings. The summed E-state index contributed by atoms with van der Waals surface area (Å²) >= 11 is 4.42. The Labute approximate surface area is 177 Å². The summed E-state index contributed by atoms with van der Waals surface area (Å²) in [6.45, 7) is 6.26. The minimum Gasteiger partial charge on any atom is -0.372 e. The van der Waals surface area contributed by atoms with Crippen molar-refractivity contribution < 1.29 is 9.59 Å². The number of hydrogen-bond donors (Lipinski definition) is 1. The fraction of sp³-hybridized carbons (Fsp3) is 0.238. The van der Waals surface area contributed by atoms with E-state index in [1.54, 1.807) is 6.08 Å². The number of benzene rings is 2. The highest BCUT2D eigenvalue weighted by Gasteiger charge is 2.34. The summed E-state index contributed by atoms with van der Waals surface area (Å²) in [5.41, 5.74) is 2.88. The second-order valence-corrected chi connectivity index (χ2v) is 8.04. The predicted octanol–water partition coefficient (Wildman–Crippen LogP) is 5.40. The van der Waals surface area contributed by atoms with Gasteiger partial charge in [-0.1, -0.05) is 24.3 Å². The molecule has 0 saturated carbocycles. The monoisotopic (exact) mass is 459 g/mol. The van der Waals surface area contributed by atoms with Crippen LogP contribution in [0.3, 0.4) is 0 Å². The van der Waals surface area contributed by atoms with Crippen molar-refractivity contribution >= 4 is 56.3 Å². The number of rotatable bonds is 7. The number of nitrogens with zero attached hydrogens (tertiary/aromatic N) is 2. The Balaban J connectivity index is 1.69. The zero-order valence-electron chi connectivity index (χ0n) is 15.8. The normalized spacial score (nSPS) is 15.4. The van der Waals surface area contributed by atoms with Crippen molar-refractivity contribution in [1.82, 2.24) is 4.90 Å². The second-order valence-electron chi connectivity index (χ2n) is 6.19. The molecule has 146 valence electrons. The van der Waals surface area contributed by atoms with Gasteiger partial charge >= 0.3 is 0 Å². The van der Waals surface area contributed by atoms with Gasteiger partial charge in [-0.15, -0.1) is 0 Å². The number of carbonyl (C=O) groups excluding carboxylic acids is 2. The Morgan fingerprint density at radius 3 is 2.39 bits per heavy atom. The van der Waals surface area contributed by atoms with Gasteiger partial charge < -0.3 is 10.2 Å². The van der Waals surface area contributed by atoms with Crippen LogP contribution in [-0.2, 0) is 4.79 Å². The summed E-state index contributed by atoms with van der Waals surface area (Å²) in [5, 5.41) is 2.86. The number of halogens is 1. The number of nitrogens with one attached hydrogen (secondary N) is 1. The van der Waals surface area contributed by atoms with Crippen molar-refractivity contribution in [3.05, 3.63) is 63.5 Å². The van der Waals surface area contributed by atoms with Crippen LogP contribution in [0.25, 0.3) is 6.08 Å². The lowest BCUT2D eigenvalue weighted by molar-refractivity contribution is -0.122. The van der Waals surface area contributed by atoms with Gasteiger partial charge in [0.05, 0.1) is 11.6 Å². The molecular formula is C21H22BrN3O2S. The van der Waals surface area contributed by atoms with Crippen molar-refractivity contribution in [2.45, 2.75) is 13.8 Å². The first kappa shape index (κ1) is 20.5. The quantitative estimate of drug-likeness (QED) is 0.561. The van der Waals surface area contributed by atoms with Crippen LogP contribution in [-0.4, -0.2) is 35.8 Å². The molecule has 0 atom stereocenters. The molecule has 1 aliphatic heterocycles. The molecule has 2 amide bonds. The maximum Gasteiger partial charge on any atom is 0.295 e. The third-order valence-corrected chi connectivity index (χ3v) is 6.09. The first-order valence-corrected chi connectivity index (χ1v) is 10.7. The molecule has 2 aromatic rings. The minimum atomic E-state index is -0.276. The maximum atomic E-state index is 12.7. The van der Waals surface area contributed by atoms with Crippen LogP contribution in [0.15, 0.2) is 57.9 Å². The largest absolute Gasteiger partial charge is 0.372 e. The Hall–Kier alpha value is -2.25. The van der Waals surface area contributed by atoms with E-state index in [9.17, 15) is 9.59 Å². The van der Waals surface area contributed by atoms with Crippen LogP contribution in [0, 0.1) is 0 Å². The average molecular weight is 460 g/mol. The van der Waals surface area contributed by atoms with E-state index in [0.717, 1.165) is 46.3 Å². The van der Waals surface area contributed by atoms with Crippen LogP contribution in [0.5, 0.6) is 0 Å². The summed E-state index contributed by atoms with van der Waals surface area (Å²) in [7, 11) is 0. The number of anilines is 2. The van der Waals surface area contributed by atoms with Gasteiger partial charge in [-0.2, -0.15) is 0 Å². The van der Waals surface area contributed by atoms with Crippen LogP contribution in [0.1, 0.15) is 19.4 Å². The standard InChI is InChI=1S/C21H22BrN3O2S/c1-3-24(4-2)16-11-9-15(10-12-16)13-19-20(26)25(21(27)28-19)14-23-18-8-6-5-7-17(18)22/h5-13,23H,3-4,14H2,1-2H3/b19-13+. The van der Waals surface area contributed by atoms with Gasteiger partial charge in [0.2, 0.25) is 0 Å². The molecule has 0 aliphatic carbocycles. The molecule has 0 radical (unpaired) electrons. The number of amides is 2. The van der Waals surface area contributed by atoms with E-state index in [1.807, 2.05) is 48.5 Å². The predicted molar refractivity (Wildman–Crippen MR) is 120 cm³/mol. The van der Waals surface area contributed by atoms with Crippen molar-refractivity contribution in [2.75, 3.05) is 30.0 Å². The Kier molecular flexibility index (Phi) is 6.80. The molecule has 0 aromatic heterocycles. The number of imide groups is 1. The molecule has 2 aromatic carbocycles. The van der Waals surface area contributed by atoms with Gasteiger partial charge in [-0.25, -0.2) is 0 Å². The Bertz CT molecular complexity index is 895. The van der Waals surface area contributed by atoms with Gasteiger partial charge in [0.1, 0.15) is 0 Å². The summed E-state index contributed by atoms with van der Waals surface area (Å²) in [6.07, 6.45) is 1.77.